The van der Waals surface area contributed by atoms with Crippen LogP contribution in [-0.4, -0.2) is 32.1 Å². The second kappa shape index (κ2) is 8.78. The van der Waals surface area contributed by atoms with Crippen molar-refractivity contribution in [3.05, 3.63) is 53.6 Å². The number of nitrogens with zero attached hydrogens (tertiary/aromatic N) is 2. The molecular weight excluding hydrogens is 378 g/mol. The Morgan fingerprint density at radius 3 is 2.43 bits per heavy atom. The molecule has 1 aliphatic heterocycles. The Hall–Kier alpha value is -3.02. The van der Waals surface area contributed by atoms with Crippen LogP contribution >= 0.6 is 0 Å². The molecule has 2 aliphatic rings. The SMILES string of the molecule is COc1ccc(C2C(=NC3CCCCC3)NC(=O)N2c2ccccc2C)cc1OC. The molecule has 0 aromatic heterocycles. The maximum atomic E-state index is 13.1. The number of benzene rings is 2. The second-order valence-electron chi connectivity index (χ2n) is 7.91. The van der Waals surface area contributed by atoms with Gasteiger partial charge in [-0.25, -0.2) is 4.79 Å². The van der Waals surface area contributed by atoms with Crippen LogP contribution in [0, 0.1) is 6.92 Å². The van der Waals surface area contributed by atoms with Gasteiger partial charge in [-0.05, 0) is 49.1 Å². The molecule has 0 spiro atoms. The van der Waals surface area contributed by atoms with Crippen molar-refractivity contribution < 1.29 is 14.3 Å². The Morgan fingerprint density at radius 1 is 1.00 bits per heavy atom. The molecule has 2 aromatic rings. The minimum Gasteiger partial charge on any atom is -0.493 e. The lowest BCUT2D eigenvalue weighted by molar-refractivity contribution is 0.252. The minimum atomic E-state index is -0.333. The number of anilines is 1. The lowest BCUT2D eigenvalue weighted by Crippen LogP contribution is -2.30. The molecule has 1 heterocycles. The quantitative estimate of drug-likeness (QED) is 0.757. The number of nitrogens with one attached hydrogen (secondary N) is 1. The molecule has 6 heteroatoms. The third kappa shape index (κ3) is 3.86. The molecule has 1 saturated carbocycles. The Bertz CT molecular complexity index is 950. The molecular formula is C24H29N3O3. The van der Waals surface area contributed by atoms with Crippen molar-refractivity contribution in [2.45, 2.75) is 51.1 Å². The van der Waals surface area contributed by atoms with Crippen LogP contribution in [0.2, 0.25) is 0 Å². The molecule has 0 radical (unpaired) electrons. The summed E-state index contributed by atoms with van der Waals surface area (Å²) in [6.45, 7) is 2.02. The Labute approximate surface area is 177 Å². The van der Waals surface area contributed by atoms with Gasteiger partial charge in [-0.1, -0.05) is 43.5 Å². The maximum absolute atomic E-state index is 13.1. The Morgan fingerprint density at radius 2 is 1.73 bits per heavy atom. The monoisotopic (exact) mass is 407 g/mol. The first-order chi connectivity index (χ1) is 14.6. The van der Waals surface area contributed by atoms with Crippen LogP contribution in [0.3, 0.4) is 0 Å². The molecule has 1 aliphatic carbocycles. The van der Waals surface area contributed by atoms with Crippen LogP contribution in [0.4, 0.5) is 10.5 Å². The fraction of sp³-hybridized carbons (Fsp3) is 0.417. The first-order valence-electron chi connectivity index (χ1n) is 10.6. The predicted octanol–water partition coefficient (Wildman–Crippen LogP) is 5.01. The van der Waals surface area contributed by atoms with E-state index < -0.39 is 0 Å². The molecule has 2 amide bonds. The van der Waals surface area contributed by atoms with Gasteiger partial charge in [0.1, 0.15) is 11.9 Å². The third-order valence-corrected chi connectivity index (χ3v) is 5.97. The molecule has 2 aromatic carbocycles. The zero-order valence-corrected chi connectivity index (χ0v) is 17.9. The van der Waals surface area contributed by atoms with Gasteiger partial charge < -0.3 is 9.47 Å². The van der Waals surface area contributed by atoms with Crippen LogP contribution in [0.1, 0.15) is 49.3 Å². The van der Waals surface area contributed by atoms with E-state index >= 15 is 0 Å². The summed E-state index contributed by atoms with van der Waals surface area (Å²) in [5, 5.41) is 3.06. The van der Waals surface area contributed by atoms with Gasteiger partial charge in [-0.3, -0.25) is 15.2 Å². The normalized spacial score (nSPS) is 21.0. The van der Waals surface area contributed by atoms with Crippen molar-refractivity contribution in [3.8, 4) is 11.5 Å². The Balaban J connectivity index is 1.81. The number of aliphatic imine (C=N–C) groups is 1. The molecule has 1 saturated heterocycles. The smallest absolute Gasteiger partial charge is 0.328 e. The van der Waals surface area contributed by atoms with Gasteiger partial charge in [0.05, 0.1) is 20.3 Å². The van der Waals surface area contributed by atoms with E-state index in [-0.39, 0.29) is 18.1 Å². The van der Waals surface area contributed by atoms with Gasteiger partial charge in [0, 0.05) is 5.69 Å². The van der Waals surface area contributed by atoms with Crippen LogP contribution < -0.4 is 19.7 Å². The van der Waals surface area contributed by atoms with Gasteiger partial charge in [0.15, 0.2) is 11.5 Å². The summed E-state index contributed by atoms with van der Waals surface area (Å²) < 4.78 is 10.9. The summed E-state index contributed by atoms with van der Waals surface area (Å²) in [7, 11) is 3.24. The highest BCUT2D eigenvalue weighted by molar-refractivity contribution is 6.17. The van der Waals surface area contributed by atoms with Gasteiger partial charge in [0.2, 0.25) is 0 Å². The number of carbonyl (C=O) groups is 1. The predicted molar refractivity (Wildman–Crippen MR) is 119 cm³/mol. The van der Waals surface area contributed by atoms with E-state index in [2.05, 4.69) is 5.32 Å². The van der Waals surface area contributed by atoms with Crippen molar-refractivity contribution in [1.29, 1.82) is 0 Å². The number of rotatable bonds is 5. The number of aryl methyl sites for hydroxylation is 1. The number of amidine groups is 1. The standard InChI is InChI=1S/C24H29N3O3/c1-16-9-7-8-12-19(16)27-22(17-13-14-20(29-2)21(15-17)30-3)23(26-24(27)28)25-18-10-5-4-6-11-18/h7-9,12-15,18,22H,4-6,10-11H2,1-3H3,(H,25,26,28). The maximum Gasteiger partial charge on any atom is 0.328 e. The van der Waals surface area contributed by atoms with E-state index in [1.54, 1.807) is 19.1 Å². The molecule has 158 valence electrons. The molecule has 2 fully saturated rings. The zero-order valence-electron chi connectivity index (χ0n) is 17.9. The van der Waals surface area contributed by atoms with Crippen LogP contribution in [0.15, 0.2) is 47.5 Å². The molecule has 0 bridgehead atoms. The van der Waals surface area contributed by atoms with E-state index in [1.807, 2.05) is 49.4 Å². The summed E-state index contributed by atoms with van der Waals surface area (Å²) >= 11 is 0. The average Bonchev–Trinajstić information content (AvgIpc) is 3.09. The molecule has 6 nitrogen and oxygen atoms in total. The van der Waals surface area contributed by atoms with Crippen molar-refractivity contribution in [2.24, 2.45) is 4.99 Å². The van der Waals surface area contributed by atoms with Crippen LogP contribution in [-0.2, 0) is 0 Å². The second-order valence-corrected chi connectivity index (χ2v) is 7.91. The van der Waals surface area contributed by atoms with Gasteiger partial charge >= 0.3 is 6.03 Å². The first kappa shape index (κ1) is 20.3. The van der Waals surface area contributed by atoms with Crippen molar-refractivity contribution in [1.82, 2.24) is 5.32 Å². The molecule has 4 rings (SSSR count). The lowest BCUT2D eigenvalue weighted by atomic mass is 9.95. The molecule has 30 heavy (non-hydrogen) atoms. The summed E-state index contributed by atoms with van der Waals surface area (Å²) in [5.41, 5.74) is 2.85. The van der Waals surface area contributed by atoms with Crippen LogP contribution in [0.25, 0.3) is 0 Å². The lowest BCUT2D eigenvalue weighted by Gasteiger charge is -2.26. The third-order valence-electron chi connectivity index (χ3n) is 5.97. The number of para-hydroxylation sites is 1. The van der Waals surface area contributed by atoms with E-state index in [0.29, 0.717) is 17.3 Å². The van der Waals surface area contributed by atoms with Crippen molar-refractivity contribution in [3.63, 3.8) is 0 Å². The fourth-order valence-electron chi connectivity index (χ4n) is 4.40. The Kier molecular flexibility index (Phi) is 5.93. The number of hydrogen-bond acceptors (Lipinski definition) is 4. The van der Waals surface area contributed by atoms with Gasteiger partial charge in [0.25, 0.3) is 0 Å². The summed E-state index contributed by atoms with van der Waals surface area (Å²) in [6, 6.07) is 13.5. The van der Waals surface area contributed by atoms with E-state index in [4.69, 9.17) is 14.5 Å². The molecule has 1 atom stereocenters. The molecule has 1 N–H and O–H groups in total. The number of hydrogen-bond donors (Lipinski definition) is 1. The minimum absolute atomic E-state index is 0.154. The van der Waals surface area contributed by atoms with Gasteiger partial charge in [-0.15, -0.1) is 0 Å². The number of urea groups is 1. The number of methoxy groups -OCH3 is 2. The highest BCUT2D eigenvalue weighted by Gasteiger charge is 2.40. The first-order valence-corrected chi connectivity index (χ1v) is 10.6. The number of amides is 2. The van der Waals surface area contributed by atoms with Crippen molar-refractivity contribution >= 4 is 17.6 Å². The summed E-state index contributed by atoms with van der Waals surface area (Å²) in [6.07, 6.45) is 5.79. The van der Waals surface area contributed by atoms with E-state index in [1.165, 1.54) is 19.3 Å². The highest BCUT2D eigenvalue weighted by atomic mass is 16.5. The topological polar surface area (TPSA) is 63.2 Å². The van der Waals surface area contributed by atoms with Crippen LogP contribution in [0.5, 0.6) is 11.5 Å². The van der Waals surface area contributed by atoms with E-state index in [9.17, 15) is 4.79 Å². The molecule has 1 unspecified atom stereocenters. The van der Waals surface area contributed by atoms with Crippen molar-refractivity contribution in [2.75, 3.05) is 19.1 Å². The van der Waals surface area contributed by atoms with E-state index in [0.717, 1.165) is 29.7 Å². The number of carbonyl (C=O) groups excluding carboxylic acids is 1. The average molecular weight is 408 g/mol. The summed E-state index contributed by atoms with van der Waals surface area (Å²) in [5.74, 6) is 2.00. The summed E-state index contributed by atoms with van der Waals surface area (Å²) in [4.78, 5) is 19.9. The number of ether oxygens (including phenoxy) is 2. The fourth-order valence-corrected chi connectivity index (χ4v) is 4.40. The van der Waals surface area contributed by atoms with Gasteiger partial charge in [-0.2, -0.15) is 0 Å². The largest absolute Gasteiger partial charge is 0.493 e. The zero-order chi connectivity index (χ0) is 21.1. The highest BCUT2D eigenvalue weighted by Crippen LogP contribution is 2.38.